The van der Waals surface area contributed by atoms with Gasteiger partial charge in [0.15, 0.2) is 0 Å². The molecule has 8 nitrogen and oxygen atoms in total. The first-order valence-electron chi connectivity index (χ1n) is 11.9. The molecular weight excluding hydrogens is 480 g/mol. The minimum Gasteiger partial charge on any atom is -0.449 e. The van der Waals surface area contributed by atoms with Gasteiger partial charge in [-0.2, -0.15) is 0 Å². The fourth-order valence-corrected chi connectivity index (χ4v) is 4.33. The van der Waals surface area contributed by atoms with Gasteiger partial charge in [0.25, 0.3) is 11.8 Å². The van der Waals surface area contributed by atoms with E-state index < -0.39 is 0 Å². The van der Waals surface area contributed by atoms with Crippen molar-refractivity contribution in [1.82, 2.24) is 19.7 Å². The lowest BCUT2D eigenvalue weighted by molar-refractivity contribution is 0.0560. The molecule has 2 heterocycles. The largest absolute Gasteiger partial charge is 0.449 e. The van der Waals surface area contributed by atoms with Crippen LogP contribution in [0.25, 0.3) is 22.2 Å². The van der Waals surface area contributed by atoms with Crippen molar-refractivity contribution in [2.75, 3.05) is 46.9 Å². The molecule has 3 amide bonds. The topological polar surface area (TPSA) is 83.0 Å². The molecule has 2 aromatic carbocycles. The third-order valence-corrected chi connectivity index (χ3v) is 6.41. The lowest BCUT2D eigenvalue weighted by Gasteiger charge is -2.34. The molecule has 0 unspecified atom stereocenters. The predicted molar refractivity (Wildman–Crippen MR) is 139 cm³/mol. The van der Waals surface area contributed by atoms with Crippen LogP contribution in [0.2, 0.25) is 5.02 Å². The van der Waals surface area contributed by atoms with E-state index in [1.165, 1.54) is 4.90 Å². The molecule has 0 radical (unpaired) electrons. The van der Waals surface area contributed by atoms with Crippen molar-refractivity contribution in [3.63, 3.8) is 0 Å². The molecule has 0 atom stereocenters. The second-order valence-corrected chi connectivity index (χ2v) is 9.30. The van der Waals surface area contributed by atoms with Crippen LogP contribution in [0.5, 0.6) is 0 Å². The average Bonchev–Trinajstić information content (AvgIpc) is 2.90. The van der Waals surface area contributed by atoms with Gasteiger partial charge >= 0.3 is 6.09 Å². The van der Waals surface area contributed by atoms with Crippen LogP contribution in [-0.4, -0.2) is 84.5 Å². The maximum atomic E-state index is 13.2. The number of pyridine rings is 1. The van der Waals surface area contributed by atoms with Crippen molar-refractivity contribution in [3.8, 4) is 11.3 Å². The zero-order valence-electron chi connectivity index (χ0n) is 20.7. The Kier molecular flexibility index (Phi) is 7.74. The SMILES string of the molecule is CCCOC(=O)N1CCN(C(=O)c2ccc3c(Cl)cc(-c4ccc(C(=O)N(C)C)cc4)nc3c2)CC1. The standard InChI is InChI=1S/C27H29ClN4O4/c1-4-15-36-27(35)32-13-11-31(12-14-32)26(34)20-9-10-21-22(28)17-23(29-24(21)16-20)18-5-7-19(8-6-18)25(33)30(2)3/h5-10,16-17H,4,11-15H2,1-3H3. The van der Waals surface area contributed by atoms with Crippen molar-refractivity contribution in [1.29, 1.82) is 0 Å². The van der Waals surface area contributed by atoms with Crippen LogP contribution in [0.15, 0.2) is 48.5 Å². The zero-order chi connectivity index (χ0) is 25.8. The third kappa shape index (κ3) is 5.44. The number of ether oxygens (including phenoxy) is 1. The van der Waals surface area contributed by atoms with Crippen LogP contribution >= 0.6 is 11.6 Å². The van der Waals surface area contributed by atoms with Crippen LogP contribution in [0, 0.1) is 0 Å². The molecule has 36 heavy (non-hydrogen) atoms. The summed E-state index contributed by atoms with van der Waals surface area (Å²) in [4.78, 5) is 47.1. The first-order valence-corrected chi connectivity index (χ1v) is 12.3. The first kappa shape index (κ1) is 25.4. The Bertz CT molecular complexity index is 1280. The number of amides is 3. The molecule has 1 aliphatic rings. The number of piperazine rings is 1. The minimum absolute atomic E-state index is 0.0760. The van der Waals surface area contributed by atoms with Gasteiger partial charge in [0, 0.05) is 62.4 Å². The monoisotopic (exact) mass is 508 g/mol. The zero-order valence-corrected chi connectivity index (χ0v) is 21.4. The predicted octanol–water partition coefficient (Wildman–Crippen LogP) is 4.56. The van der Waals surface area contributed by atoms with Crippen LogP contribution in [0.3, 0.4) is 0 Å². The summed E-state index contributed by atoms with van der Waals surface area (Å²) in [5.74, 6) is -0.193. The Morgan fingerprint density at radius 3 is 2.22 bits per heavy atom. The van der Waals surface area contributed by atoms with Gasteiger partial charge < -0.3 is 19.4 Å². The molecule has 1 aliphatic heterocycles. The maximum absolute atomic E-state index is 13.2. The van der Waals surface area contributed by atoms with Gasteiger partial charge in [-0.1, -0.05) is 36.7 Å². The van der Waals surface area contributed by atoms with E-state index in [1.54, 1.807) is 60.3 Å². The van der Waals surface area contributed by atoms with Crippen molar-refractivity contribution in [3.05, 3.63) is 64.7 Å². The number of hydrogen-bond acceptors (Lipinski definition) is 5. The Hall–Kier alpha value is -3.65. The van der Waals surface area contributed by atoms with Crippen LogP contribution < -0.4 is 0 Å². The molecule has 0 saturated carbocycles. The van der Waals surface area contributed by atoms with E-state index in [2.05, 4.69) is 0 Å². The molecule has 0 aliphatic carbocycles. The highest BCUT2D eigenvalue weighted by Gasteiger charge is 2.26. The molecule has 0 bridgehead atoms. The Morgan fingerprint density at radius 1 is 0.944 bits per heavy atom. The van der Waals surface area contributed by atoms with E-state index in [0.29, 0.717) is 60.1 Å². The third-order valence-electron chi connectivity index (χ3n) is 6.09. The number of carbonyl (C=O) groups excluding carboxylic acids is 3. The van der Waals surface area contributed by atoms with Gasteiger partial charge in [-0.15, -0.1) is 0 Å². The lowest BCUT2D eigenvalue weighted by atomic mass is 10.1. The van der Waals surface area contributed by atoms with Crippen LogP contribution in [-0.2, 0) is 4.74 Å². The fourth-order valence-electron chi connectivity index (χ4n) is 4.06. The molecule has 1 aromatic heterocycles. The number of halogens is 1. The Morgan fingerprint density at radius 2 is 1.58 bits per heavy atom. The molecular formula is C27H29ClN4O4. The normalized spacial score (nSPS) is 13.6. The van der Waals surface area contributed by atoms with Gasteiger partial charge in [-0.05, 0) is 36.8 Å². The highest BCUT2D eigenvalue weighted by Crippen LogP contribution is 2.29. The number of nitrogens with zero attached hydrogens (tertiary/aromatic N) is 4. The molecule has 1 fully saturated rings. The molecule has 9 heteroatoms. The number of aromatic nitrogens is 1. The van der Waals surface area contributed by atoms with Crippen molar-refractivity contribution in [2.24, 2.45) is 0 Å². The Labute approximate surface area is 215 Å². The van der Waals surface area contributed by atoms with Crippen molar-refractivity contribution < 1.29 is 19.1 Å². The molecule has 188 valence electrons. The van der Waals surface area contributed by atoms with Crippen LogP contribution in [0.1, 0.15) is 34.1 Å². The molecule has 1 saturated heterocycles. The summed E-state index contributed by atoms with van der Waals surface area (Å²) >= 11 is 6.55. The second kappa shape index (κ2) is 11.0. The maximum Gasteiger partial charge on any atom is 0.409 e. The number of fused-ring (bicyclic) bond motifs is 1. The van der Waals surface area contributed by atoms with Gasteiger partial charge in [0.05, 0.1) is 22.8 Å². The van der Waals surface area contributed by atoms with Gasteiger partial charge in [0.2, 0.25) is 0 Å². The first-order chi connectivity index (χ1) is 17.3. The summed E-state index contributed by atoms with van der Waals surface area (Å²) < 4.78 is 5.19. The van der Waals surface area contributed by atoms with Crippen molar-refractivity contribution in [2.45, 2.75) is 13.3 Å². The smallest absolute Gasteiger partial charge is 0.409 e. The summed E-state index contributed by atoms with van der Waals surface area (Å²) in [6.45, 7) is 4.08. The number of benzene rings is 2. The summed E-state index contributed by atoms with van der Waals surface area (Å²) in [5, 5.41) is 1.28. The van der Waals surface area contributed by atoms with E-state index in [-0.39, 0.29) is 17.9 Å². The minimum atomic E-state index is -0.333. The molecule has 3 aromatic rings. The van der Waals surface area contributed by atoms with Gasteiger partial charge in [0.1, 0.15) is 0 Å². The van der Waals surface area contributed by atoms with E-state index in [0.717, 1.165) is 17.4 Å². The van der Waals surface area contributed by atoms with E-state index in [4.69, 9.17) is 21.3 Å². The quantitative estimate of drug-likeness (QED) is 0.504. The Balaban J connectivity index is 1.52. The fraction of sp³-hybridized carbons (Fsp3) is 0.333. The van der Waals surface area contributed by atoms with Gasteiger partial charge in [-0.25, -0.2) is 9.78 Å². The molecule has 0 N–H and O–H groups in total. The van der Waals surface area contributed by atoms with E-state index in [1.807, 2.05) is 19.1 Å². The summed E-state index contributed by atoms with van der Waals surface area (Å²) in [7, 11) is 3.42. The van der Waals surface area contributed by atoms with Crippen molar-refractivity contribution >= 4 is 40.4 Å². The molecule has 0 spiro atoms. The number of rotatable bonds is 5. The number of hydrogen-bond donors (Lipinski definition) is 0. The lowest BCUT2D eigenvalue weighted by Crippen LogP contribution is -2.50. The second-order valence-electron chi connectivity index (χ2n) is 8.89. The van der Waals surface area contributed by atoms with E-state index in [9.17, 15) is 14.4 Å². The van der Waals surface area contributed by atoms with Gasteiger partial charge in [-0.3, -0.25) is 9.59 Å². The highest BCUT2D eigenvalue weighted by molar-refractivity contribution is 6.35. The average molecular weight is 509 g/mol. The van der Waals surface area contributed by atoms with E-state index >= 15 is 0 Å². The summed E-state index contributed by atoms with van der Waals surface area (Å²) in [6.07, 6.45) is 0.438. The highest BCUT2D eigenvalue weighted by atomic mass is 35.5. The molecule has 4 rings (SSSR count). The van der Waals surface area contributed by atoms with Crippen LogP contribution in [0.4, 0.5) is 4.79 Å². The summed E-state index contributed by atoms with van der Waals surface area (Å²) in [5.41, 5.74) is 3.18. The number of carbonyl (C=O) groups is 3. The summed E-state index contributed by atoms with van der Waals surface area (Å²) in [6, 6.07) is 14.3.